The van der Waals surface area contributed by atoms with Gasteiger partial charge in [-0.1, -0.05) is 133 Å². The van der Waals surface area contributed by atoms with Crippen LogP contribution in [0.15, 0.2) is 170 Å². The monoisotopic (exact) mass is 656 g/mol. The number of para-hydroxylation sites is 2. The molecule has 10 rings (SSSR count). The third-order valence-electron chi connectivity index (χ3n) is 9.45. The average molecular weight is 657 g/mol. The number of rotatable bonds is 5. The van der Waals surface area contributed by atoms with E-state index in [9.17, 15) is 0 Å². The van der Waals surface area contributed by atoms with Crippen molar-refractivity contribution in [3.05, 3.63) is 170 Å². The molecule has 0 aliphatic rings. The van der Waals surface area contributed by atoms with Crippen LogP contribution >= 0.6 is 11.3 Å². The molecule has 50 heavy (non-hydrogen) atoms. The summed E-state index contributed by atoms with van der Waals surface area (Å²) < 4.78 is 4.84. The summed E-state index contributed by atoms with van der Waals surface area (Å²) in [7, 11) is 0. The van der Waals surface area contributed by atoms with E-state index in [4.69, 9.17) is 15.0 Å². The van der Waals surface area contributed by atoms with E-state index in [2.05, 4.69) is 114 Å². The quantitative estimate of drug-likeness (QED) is 0.185. The van der Waals surface area contributed by atoms with Crippen molar-refractivity contribution in [3.63, 3.8) is 0 Å². The van der Waals surface area contributed by atoms with E-state index in [0.717, 1.165) is 22.4 Å². The third-order valence-corrected chi connectivity index (χ3v) is 10.6. The fourth-order valence-corrected chi connectivity index (χ4v) is 8.31. The Morgan fingerprint density at radius 1 is 0.380 bits per heavy atom. The molecule has 0 radical (unpaired) electrons. The zero-order valence-corrected chi connectivity index (χ0v) is 27.7. The van der Waals surface area contributed by atoms with Crippen LogP contribution in [0.3, 0.4) is 0 Å². The van der Waals surface area contributed by atoms with Crippen molar-refractivity contribution in [2.45, 2.75) is 0 Å². The highest BCUT2D eigenvalue weighted by Crippen LogP contribution is 2.43. The topological polar surface area (TPSA) is 43.6 Å². The predicted octanol–water partition coefficient (Wildman–Crippen LogP) is 12.0. The van der Waals surface area contributed by atoms with E-state index >= 15 is 0 Å². The number of fused-ring (bicyclic) bond motifs is 6. The van der Waals surface area contributed by atoms with E-state index in [1.807, 2.05) is 72.0 Å². The fraction of sp³-hybridized carbons (Fsp3) is 0. The standard InChI is InChI=1S/C45H28N4S/c1-4-13-29(14-5-1)43-46-44(30-15-6-2-7-16-30)48-45(47-43)32-24-26-37-41(28-32)50-40-22-12-20-34(42(37)40)31-23-25-36-35-19-10-11-21-38(35)49(39(36)27-31)33-17-8-3-9-18-33/h1-28H. The Morgan fingerprint density at radius 3 is 1.68 bits per heavy atom. The molecule has 0 amide bonds. The van der Waals surface area contributed by atoms with Crippen LogP contribution < -0.4 is 0 Å². The van der Waals surface area contributed by atoms with Gasteiger partial charge in [0.05, 0.1) is 11.0 Å². The molecule has 4 nitrogen and oxygen atoms in total. The maximum absolute atomic E-state index is 4.99. The van der Waals surface area contributed by atoms with Gasteiger partial charge in [-0.25, -0.2) is 15.0 Å². The number of thiophene rings is 1. The van der Waals surface area contributed by atoms with Crippen molar-refractivity contribution < 1.29 is 0 Å². The maximum atomic E-state index is 4.99. The van der Waals surface area contributed by atoms with Gasteiger partial charge in [0.15, 0.2) is 17.5 Å². The second-order valence-corrected chi connectivity index (χ2v) is 13.5. The highest BCUT2D eigenvalue weighted by molar-refractivity contribution is 7.26. The van der Waals surface area contributed by atoms with Gasteiger partial charge in [-0.15, -0.1) is 11.3 Å². The Kier molecular flexibility index (Phi) is 6.64. The fourth-order valence-electron chi connectivity index (χ4n) is 7.14. The van der Waals surface area contributed by atoms with Crippen molar-refractivity contribution in [2.24, 2.45) is 0 Å². The van der Waals surface area contributed by atoms with Crippen LogP contribution in [0.1, 0.15) is 0 Å². The van der Waals surface area contributed by atoms with Crippen molar-refractivity contribution >= 4 is 53.3 Å². The van der Waals surface area contributed by atoms with Crippen molar-refractivity contribution in [3.8, 4) is 51.0 Å². The molecule has 0 aliphatic carbocycles. The lowest BCUT2D eigenvalue weighted by Crippen LogP contribution is -1.99. The second kappa shape index (κ2) is 11.6. The molecule has 0 fully saturated rings. The van der Waals surface area contributed by atoms with Crippen LogP contribution in [-0.2, 0) is 0 Å². The average Bonchev–Trinajstić information content (AvgIpc) is 3.74. The molecule has 5 heteroatoms. The first-order valence-electron chi connectivity index (χ1n) is 16.7. The summed E-state index contributed by atoms with van der Waals surface area (Å²) in [4.78, 5) is 14.9. The summed E-state index contributed by atoms with van der Waals surface area (Å²) in [6.07, 6.45) is 0. The first-order chi connectivity index (χ1) is 24.8. The van der Waals surface area contributed by atoms with Gasteiger partial charge in [-0.2, -0.15) is 0 Å². The lowest BCUT2D eigenvalue weighted by atomic mass is 9.98. The first kappa shape index (κ1) is 28.6. The molecule has 0 spiro atoms. The highest BCUT2D eigenvalue weighted by atomic mass is 32.1. The van der Waals surface area contributed by atoms with Gasteiger partial charge < -0.3 is 4.57 Å². The van der Waals surface area contributed by atoms with Crippen molar-refractivity contribution in [2.75, 3.05) is 0 Å². The minimum Gasteiger partial charge on any atom is -0.309 e. The number of benzene rings is 7. The molecule has 0 saturated heterocycles. The SMILES string of the molecule is c1ccc(-c2nc(-c3ccccc3)nc(-c3ccc4c(c3)sc3cccc(-c5ccc6c7ccccc7n(-c7ccccc7)c6c5)c34)n2)cc1. The van der Waals surface area contributed by atoms with Crippen molar-refractivity contribution in [1.82, 2.24) is 19.5 Å². The Bertz CT molecular complexity index is 2800. The molecule has 10 aromatic rings. The summed E-state index contributed by atoms with van der Waals surface area (Å²) in [6.45, 7) is 0. The lowest BCUT2D eigenvalue weighted by Gasteiger charge is -2.10. The molecule has 7 aromatic carbocycles. The highest BCUT2D eigenvalue weighted by Gasteiger charge is 2.17. The third kappa shape index (κ3) is 4.71. The summed E-state index contributed by atoms with van der Waals surface area (Å²) >= 11 is 1.81. The Balaban J connectivity index is 1.14. The molecule has 3 heterocycles. The van der Waals surface area contributed by atoms with Crippen molar-refractivity contribution in [1.29, 1.82) is 0 Å². The molecular weight excluding hydrogens is 629 g/mol. The van der Waals surface area contributed by atoms with Crippen LogP contribution in [-0.4, -0.2) is 19.5 Å². The zero-order valence-electron chi connectivity index (χ0n) is 26.9. The number of hydrogen-bond donors (Lipinski definition) is 0. The van der Waals surface area contributed by atoms with E-state index in [1.165, 1.54) is 53.1 Å². The van der Waals surface area contributed by atoms with Gasteiger partial charge in [-0.05, 0) is 47.5 Å². The van der Waals surface area contributed by atoms with Gasteiger partial charge in [0.25, 0.3) is 0 Å². The van der Waals surface area contributed by atoms with E-state index in [1.54, 1.807) is 0 Å². The number of hydrogen-bond acceptors (Lipinski definition) is 4. The van der Waals surface area contributed by atoms with Gasteiger partial charge in [-0.3, -0.25) is 0 Å². The first-order valence-corrected chi connectivity index (χ1v) is 17.5. The number of aromatic nitrogens is 4. The second-order valence-electron chi connectivity index (χ2n) is 12.5. The Morgan fingerprint density at radius 2 is 0.960 bits per heavy atom. The molecule has 0 atom stereocenters. The molecule has 0 bridgehead atoms. The summed E-state index contributed by atoms with van der Waals surface area (Å²) in [5, 5.41) is 5.01. The molecule has 0 aliphatic heterocycles. The summed E-state index contributed by atoms with van der Waals surface area (Å²) in [6, 6.07) is 59.8. The van der Waals surface area contributed by atoms with E-state index in [0.29, 0.717) is 17.5 Å². The Hall–Kier alpha value is -6.43. The normalized spacial score (nSPS) is 11.6. The molecule has 0 unspecified atom stereocenters. The summed E-state index contributed by atoms with van der Waals surface area (Å²) in [5.41, 5.74) is 8.89. The van der Waals surface area contributed by atoms with Crippen LogP contribution in [0.5, 0.6) is 0 Å². The smallest absolute Gasteiger partial charge is 0.164 e. The van der Waals surface area contributed by atoms with Crippen LogP contribution in [0.25, 0.3) is 93.0 Å². The number of nitrogens with zero attached hydrogens (tertiary/aromatic N) is 4. The van der Waals surface area contributed by atoms with Gasteiger partial charge >= 0.3 is 0 Å². The summed E-state index contributed by atoms with van der Waals surface area (Å²) in [5.74, 6) is 1.99. The molecular formula is C45H28N4S. The van der Waals surface area contributed by atoms with Crippen LogP contribution in [0.2, 0.25) is 0 Å². The minimum absolute atomic E-state index is 0.663. The Labute approximate surface area is 292 Å². The van der Waals surface area contributed by atoms with Gasteiger partial charge in [0.2, 0.25) is 0 Å². The lowest BCUT2D eigenvalue weighted by molar-refractivity contribution is 1.07. The molecule has 0 saturated carbocycles. The zero-order chi connectivity index (χ0) is 33.0. The minimum atomic E-state index is 0.663. The predicted molar refractivity (Wildman–Crippen MR) is 209 cm³/mol. The van der Waals surface area contributed by atoms with Gasteiger partial charge in [0.1, 0.15) is 0 Å². The van der Waals surface area contributed by atoms with Crippen LogP contribution in [0, 0.1) is 0 Å². The maximum Gasteiger partial charge on any atom is 0.164 e. The van der Waals surface area contributed by atoms with E-state index < -0.39 is 0 Å². The molecule has 3 aromatic heterocycles. The largest absolute Gasteiger partial charge is 0.309 e. The molecule has 0 N–H and O–H groups in total. The van der Waals surface area contributed by atoms with Gasteiger partial charge in [0, 0.05) is 53.3 Å². The molecule has 234 valence electrons. The van der Waals surface area contributed by atoms with E-state index in [-0.39, 0.29) is 0 Å². The van der Waals surface area contributed by atoms with Crippen LogP contribution in [0.4, 0.5) is 0 Å².